The molecule has 3 aromatic rings. The van der Waals surface area contributed by atoms with Crippen molar-refractivity contribution in [2.75, 3.05) is 34.0 Å². The van der Waals surface area contributed by atoms with E-state index in [1.807, 2.05) is 0 Å². The summed E-state index contributed by atoms with van der Waals surface area (Å²) < 4.78 is 69.5. The molecule has 2 N–H and O–H groups in total. The van der Waals surface area contributed by atoms with Crippen molar-refractivity contribution in [2.24, 2.45) is 5.92 Å². The highest BCUT2D eigenvalue weighted by atomic mass is 19.4. The third-order valence-corrected chi connectivity index (χ3v) is 5.99. The molecular formula is C28H27F4NO7. The fourth-order valence-corrected chi connectivity index (χ4v) is 3.99. The topological polar surface area (TPSA) is 115 Å². The second-order valence-corrected chi connectivity index (χ2v) is 8.58. The molecule has 214 valence electrons. The summed E-state index contributed by atoms with van der Waals surface area (Å²) >= 11 is 0. The fraction of sp³-hybridized carbons (Fsp3) is 0.321. The van der Waals surface area contributed by atoms with E-state index in [0.29, 0.717) is 17.9 Å². The average Bonchev–Trinajstić information content (AvgIpc) is 2.94. The van der Waals surface area contributed by atoms with Crippen LogP contribution in [0.1, 0.15) is 39.3 Å². The van der Waals surface area contributed by atoms with E-state index in [9.17, 15) is 32.3 Å². The van der Waals surface area contributed by atoms with Crippen molar-refractivity contribution < 1.29 is 51.6 Å². The van der Waals surface area contributed by atoms with Crippen LogP contribution in [0, 0.1) is 11.7 Å². The van der Waals surface area contributed by atoms with Crippen LogP contribution in [-0.2, 0) is 6.18 Å². The Bertz CT molecular complexity index is 1360. The second kappa shape index (κ2) is 13.4. The Balaban J connectivity index is 1.92. The third kappa shape index (κ3) is 7.13. The van der Waals surface area contributed by atoms with E-state index >= 15 is 0 Å². The highest BCUT2D eigenvalue weighted by Gasteiger charge is 2.35. The Kier molecular flexibility index (Phi) is 10.2. The predicted octanol–water partition coefficient (Wildman–Crippen LogP) is 4.75. The minimum absolute atomic E-state index is 0.0169. The first-order valence-corrected chi connectivity index (χ1v) is 12.1. The van der Waals surface area contributed by atoms with Gasteiger partial charge >= 0.3 is 6.18 Å². The highest BCUT2D eigenvalue weighted by Crippen LogP contribution is 2.36. The minimum atomic E-state index is -4.96. The van der Waals surface area contributed by atoms with Gasteiger partial charge in [0.15, 0.2) is 23.1 Å². The van der Waals surface area contributed by atoms with Crippen LogP contribution in [0.25, 0.3) is 11.3 Å². The maximum Gasteiger partial charge on any atom is 0.419 e. The van der Waals surface area contributed by atoms with Crippen molar-refractivity contribution in [3.05, 3.63) is 71.2 Å². The van der Waals surface area contributed by atoms with Crippen LogP contribution in [-0.4, -0.2) is 60.8 Å². The number of hydrogen-bond donors (Lipinski definition) is 2. The molecule has 0 bridgehead atoms. The van der Waals surface area contributed by atoms with Crippen LogP contribution in [0.5, 0.6) is 17.2 Å². The van der Waals surface area contributed by atoms with Crippen LogP contribution in [0.15, 0.2) is 48.5 Å². The van der Waals surface area contributed by atoms with Gasteiger partial charge in [-0.05, 0) is 55.0 Å². The van der Waals surface area contributed by atoms with Gasteiger partial charge in [-0.15, -0.1) is 0 Å². The Morgan fingerprint density at radius 3 is 2.25 bits per heavy atom. The van der Waals surface area contributed by atoms with Gasteiger partial charge < -0.3 is 24.4 Å². The lowest BCUT2D eigenvalue weighted by Gasteiger charge is -2.17. The standard InChI is InChI=1S/C28H27F4NO7/c1-38-24-8-6-21(33-26(24)17-3-5-20(29)19(13-17)28(30,31)32)27(37)18(9-10-34)14-22(36)16-4-7-23(40-12-11-35)25(15-16)39-2/h3-8,13,15,18,34-35H,9-12,14H2,1-2H3/t18-/m1/s1. The van der Waals surface area contributed by atoms with Gasteiger partial charge in [0, 0.05) is 30.1 Å². The number of ether oxygens (including phenoxy) is 3. The van der Waals surface area contributed by atoms with E-state index in [1.54, 1.807) is 0 Å². The van der Waals surface area contributed by atoms with Crippen LogP contribution < -0.4 is 14.2 Å². The van der Waals surface area contributed by atoms with Gasteiger partial charge in [0.2, 0.25) is 0 Å². The minimum Gasteiger partial charge on any atom is -0.494 e. The molecule has 2 aromatic carbocycles. The normalized spacial score (nSPS) is 12.1. The number of pyridine rings is 1. The van der Waals surface area contributed by atoms with E-state index in [1.165, 1.54) is 44.6 Å². The molecule has 0 aliphatic carbocycles. The van der Waals surface area contributed by atoms with E-state index < -0.39 is 41.6 Å². The molecule has 0 fully saturated rings. The van der Waals surface area contributed by atoms with Crippen LogP contribution in [0.4, 0.5) is 17.6 Å². The average molecular weight is 566 g/mol. The van der Waals surface area contributed by atoms with E-state index in [0.717, 1.165) is 6.07 Å². The SMILES string of the molecule is COc1cc(C(=O)C[C@@H](CCO)C(=O)c2ccc(OC)c(-c3ccc(F)c(C(F)(F)F)c3)n2)ccc1OCCO. The van der Waals surface area contributed by atoms with Crippen LogP contribution in [0.2, 0.25) is 0 Å². The largest absolute Gasteiger partial charge is 0.494 e. The molecule has 8 nitrogen and oxygen atoms in total. The fourth-order valence-electron chi connectivity index (χ4n) is 3.99. The number of nitrogens with zero attached hydrogens (tertiary/aromatic N) is 1. The molecule has 40 heavy (non-hydrogen) atoms. The zero-order valence-corrected chi connectivity index (χ0v) is 21.6. The number of hydrogen-bond acceptors (Lipinski definition) is 8. The van der Waals surface area contributed by atoms with E-state index in [4.69, 9.17) is 19.3 Å². The lowest BCUT2D eigenvalue weighted by molar-refractivity contribution is -0.139. The zero-order valence-electron chi connectivity index (χ0n) is 21.6. The predicted molar refractivity (Wildman–Crippen MR) is 135 cm³/mol. The maximum absolute atomic E-state index is 13.8. The molecule has 1 aromatic heterocycles. The maximum atomic E-state index is 13.8. The first-order valence-electron chi connectivity index (χ1n) is 12.1. The van der Waals surface area contributed by atoms with Gasteiger partial charge in [-0.2, -0.15) is 13.2 Å². The number of rotatable bonds is 13. The van der Waals surface area contributed by atoms with Gasteiger partial charge in [0.25, 0.3) is 0 Å². The molecule has 1 heterocycles. The number of benzene rings is 2. The van der Waals surface area contributed by atoms with Crippen molar-refractivity contribution in [3.63, 3.8) is 0 Å². The molecule has 1 atom stereocenters. The van der Waals surface area contributed by atoms with E-state index in [-0.39, 0.29) is 60.1 Å². The van der Waals surface area contributed by atoms with Crippen molar-refractivity contribution in [3.8, 4) is 28.5 Å². The monoisotopic (exact) mass is 565 g/mol. The molecular weight excluding hydrogens is 538 g/mol. The molecule has 12 heteroatoms. The summed E-state index contributed by atoms with van der Waals surface area (Å²) in [6, 6.07) is 9.31. The quantitative estimate of drug-likeness (QED) is 0.226. The number of aromatic nitrogens is 1. The molecule has 0 radical (unpaired) electrons. The summed E-state index contributed by atoms with van der Waals surface area (Å²) in [6.45, 7) is -0.625. The zero-order chi connectivity index (χ0) is 29.4. The number of carbonyl (C=O) groups excluding carboxylic acids is 2. The van der Waals surface area contributed by atoms with Gasteiger partial charge in [-0.25, -0.2) is 9.37 Å². The number of alkyl halides is 3. The van der Waals surface area contributed by atoms with E-state index in [2.05, 4.69) is 4.98 Å². The Morgan fingerprint density at radius 2 is 1.62 bits per heavy atom. The summed E-state index contributed by atoms with van der Waals surface area (Å²) in [5, 5.41) is 18.5. The number of aliphatic hydroxyl groups excluding tert-OH is 2. The highest BCUT2D eigenvalue weighted by molar-refractivity contribution is 6.03. The number of ketones is 2. The van der Waals surface area contributed by atoms with Gasteiger partial charge in [0.05, 0.1) is 26.4 Å². The smallest absolute Gasteiger partial charge is 0.419 e. The summed E-state index contributed by atoms with van der Waals surface area (Å²) in [5.74, 6) is -2.96. The molecule has 0 unspecified atom stereocenters. The van der Waals surface area contributed by atoms with Crippen molar-refractivity contribution >= 4 is 11.6 Å². The number of methoxy groups -OCH3 is 2. The second-order valence-electron chi connectivity index (χ2n) is 8.58. The Morgan fingerprint density at radius 1 is 0.925 bits per heavy atom. The molecule has 0 saturated heterocycles. The molecule has 0 aliphatic rings. The summed E-state index contributed by atoms with van der Waals surface area (Å²) in [4.78, 5) is 30.6. The number of halogens is 4. The lowest BCUT2D eigenvalue weighted by atomic mass is 9.90. The number of carbonyl (C=O) groups is 2. The molecule has 0 amide bonds. The third-order valence-electron chi connectivity index (χ3n) is 5.99. The van der Waals surface area contributed by atoms with Crippen LogP contribution in [0.3, 0.4) is 0 Å². The van der Waals surface area contributed by atoms with Crippen LogP contribution >= 0.6 is 0 Å². The van der Waals surface area contributed by atoms with Crippen molar-refractivity contribution in [2.45, 2.75) is 19.0 Å². The Hall–Kier alpha value is -4.03. The van der Waals surface area contributed by atoms with Gasteiger partial charge in [-0.3, -0.25) is 9.59 Å². The first kappa shape index (κ1) is 30.5. The number of Topliss-reactive ketones (excluding diaryl/α,β-unsaturated/α-hetero) is 2. The number of aliphatic hydroxyl groups is 2. The Labute approximate surface area is 227 Å². The molecule has 0 spiro atoms. The summed E-state index contributed by atoms with van der Waals surface area (Å²) in [5.41, 5.74) is -1.73. The lowest BCUT2D eigenvalue weighted by Crippen LogP contribution is -2.21. The summed E-state index contributed by atoms with van der Waals surface area (Å²) in [7, 11) is 2.64. The van der Waals surface area contributed by atoms with Crippen molar-refractivity contribution in [1.82, 2.24) is 4.98 Å². The van der Waals surface area contributed by atoms with Crippen molar-refractivity contribution in [1.29, 1.82) is 0 Å². The molecule has 0 aliphatic heterocycles. The molecule has 3 rings (SSSR count). The molecule has 0 saturated carbocycles. The van der Waals surface area contributed by atoms with Gasteiger partial charge in [0.1, 0.15) is 29.6 Å². The van der Waals surface area contributed by atoms with Gasteiger partial charge in [-0.1, -0.05) is 0 Å². The first-order chi connectivity index (χ1) is 19.0. The summed E-state index contributed by atoms with van der Waals surface area (Å²) in [6.07, 6.45) is -5.35.